The molecule has 1 saturated heterocycles. The monoisotopic (exact) mass is 255 g/mol. The number of aliphatic hydroxyl groups excluding tert-OH is 1. The van der Waals surface area contributed by atoms with Crippen molar-refractivity contribution < 1.29 is 14.6 Å². The summed E-state index contributed by atoms with van der Waals surface area (Å²) < 4.78 is 5.54. The number of carbonyl (C=O) groups is 1. The van der Waals surface area contributed by atoms with Crippen LogP contribution in [0, 0.1) is 11.8 Å². The first kappa shape index (κ1) is 13.8. The van der Waals surface area contributed by atoms with Crippen molar-refractivity contribution in [1.82, 2.24) is 5.32 Å². The standard InChI is InChI=1S/C14H25NO3/c1-2-13-12(6-7-18-13)14(17)15-9-10-4-3-5-11(16)8-10/h10-13,16H,2-9H2,1H3,(H,15,17). The van der Waals surface area contributed by atoms with Crippen molar-refractivity contribution in [1.29, 1.82) is 0 Å². The second-order valence-corrected chi connectivity index (χ2v) is 5.64. The number of rotatable bonds is 4. The van der Waals surface area contributed by atoms with Crippen LogP contribution in [-0.4, -0.2) is 36.4 Å². The van der Waals surface area contributed by atoms with E-state index < -0.39 is 0 Å². The molecule has 0 aromatic carbocycles. The SMILES string of the molecule is CCC1OCCC1C(=O)NCC1CCCC(O)C1. The van der Waals surface area contributed by atoms with Crippen LogP contribution in [0.1, 0.15) is 45.4 Å². The van der Waals surface area contributed by atoms with Gasteiger partial charge in [-0.05, 0) is 38.0 Å². The first-order valence-corrected chi connectivity index (χ1v) is 7.28. The zero-order chi connectivity index (χ0) is 13.0. The normalized spacial score (nSPS) is 36.6. The quantitative estimate of drug-likeness (QED) is 0.799. The average molecular weight is 255 g/mol. The number of hydrogen-bond donors (Lipinski definition) is 2. The Kier molecular flexibility index (Phi) is 5.01. The van der Waals surface area contributed by atoms with E-state index in [2.05, 4.69) is 12.2 Å². The minimum atomic E-state index is -0.168. The Balaban J connectivity index is 1.74. The molecule has 0 radical (unpaired) electrons. The Labute approximate surface area is 109 Å². The summed E-state index contributed by atoms with van der Waals surface area (Å²) in [6, 6.07) is 0. The number of carbonyl (C=O) groups excluding carboxylic acids is 1. The van der Waals surface area contributed by atoms with Gasteiger partial charge in [-0.1, -0.05) is 13.3 Å². The highest BCUT2D eigenvalue weighted by Crippen LogP contribution is 2.25. The van der Waals surface area contributed by atoms with Crippen molar-refractivity contribution in [3.05, 3.63) is 0 Å². The minimum Gasteiger partial charge on any atom is -0.393 e. The van der Waals surface area contributed by atoms with Gasteiger partial charge in [0.15, 0.2) is 0 Å². The topological polar surface area (TPSA) is 58.6 Å². The van der Waals surface area contributed by atoms with E-state index in [-0.39, 0.29) is 24.0 Å². The predicted molar refractivity (Wildman–Crippen MR) is 69.1 cm³/mol. The van der Waals surface area contributed by atoms with Crippen molar-refractivity contribution in [2.24, 2.45) is 11.8 Å². The average Bonchev–Trinajstić information content (AvgIpc) is 2.84. The van der Waals surface area contributed by atoms with Gasteiger partial charge in [0.1, 0.15) is 0 Å². The fourth-order valence-electron chi connectivity index (χ4n) is 3.17. The lowest BCUT2D eigenvalue weighted by molar-refractivity contribution is -0.127. The molecule has 4 nitrogen and oxygen atoms in total. The largest absolute Gasteiger partial charge is 0.393 e. The highest BCUT2D eigenvalue weighted by atomic mass is 16.5. The molecule has 2 fully saturated rings. The van der Waals surface area contributed by atoms with E-state index in [0.29, 0.717) is 19.1 Å². The highest BCUT2D eigenvalue weighted by molar-refractivity contribution is 5.79. The molecule has 1 aliphatic carbocycles. The summed E-state index contributed by atoms with van der Waals surface area (Å²) in [5, 5.41) is 12.7. The van der Waals surface area contributed by atoms with Crippen molar-refractivity contribution in [2.75, 3.05) is 13.2 Å². The van der Waals surface area contributed by atoms with Crippen molar-refractivity contribution in [3.8, 4) is 0 Å². The van der Waals surface area contributed by atoms with Gasteiger partial charge in [0.2, 0.25) is 5.91 Å². The number of aliphatic hydroxyl groups is 1. The molecule has 4 atom stereocenters. The lowest BCUT2D eigenvalue weighted by Crippen LogP contribution is -2.39. The van der Waals surface area contributed by atoms with E-state index in [1.165, 1.54) is 0 Å². The third-order valence-electron chi connectivity index (χ3n) is 4.27. The summed E-state index contributed by atoms with van der Waals surface area (Å²) in [5.74, 6) is 0.614. The lowest BCUT2D eigenvalue weighted by Gasteiger charge is -2.26. The molecular formula is C14H25NO3. The number of hydrogen-bond acceptors (Lipinski definition) is 3. The van der Waals surface area contributed by atoms with Gasteiger partial charge in [-0.3, -0.25) is 4.79 Å². The summed E-state index contributed by atoms with van der Waals surface area (Å²) in [7, 11) is 0. The van der Waals surface area contributed by atoms with E-state index in [1.54, 1.807) is 0 Å². The minimum absolute atomic E-state index is 0.0310. The van der Waals surface area contributed by atoms with Crippen LogP contribution >= 0.6 is 0 Å². The molecule has 104 valence electrons. The van der Waals surface area contributed by atoms with Crippen molar-refractivity contribution >= 4 is 5.91 Å². The van der Waals surface area contributed by atoms with Crippen LogP contribution in [0.2, 0.25) is 0 Å². The van der Waals surface area contributed by atoms with Crippen LogP contribution in [0.4, 0.5) is 0 Å². The Hall–Kier alpha value is -0.610. The Morgan fingerprint density at radius 2 is 2.22 bits per heavy atom. The molecule has 0 aromatic heterocycles. The maximum Gasteiger partial charge on any atom is 0.225 e. The van der Waals surface area contributed by atoms with Gasteiger partial charge in [0.05, 0.1) is 18.1 Å². The van der Waals surface area contributed by atoms with Gasteiger partial charge in [0, 0.05) is 13.2 Å². The van der Waals surface area contributed by atoms with Gasteiger partial charge in [-0.15, -0.1) is 0 Å². The molecule has 2 aliphatic rings. The fraction of sp³-hybridized carbons (Fsp3) is 0.929. The maximum atomic E-state index is 12.1. The highest BCUT2D eigenvalue weighted by Gasteiger charge is 2.33. The first-order chi connectivity index (χ1) is 8.70. The third kappa shape index (κ3) is 3.45. The van der Waals surface area contributed by atoms with E-state index >= 15 is 0 Å². The van der Waals surface area contributed by atoms with Crippen LogP contribution in [0.15, 0.2) is 0 Å². The molecule has 1 saturated carbocycles. The number of nitrogens with one attached hydrogen (secondary N) is 1. The molecule has 1 heterocycles. The lowest BCUT2D eigenvalue weighted by atomic mass is 9.87. The number of ether oxygens (including phenoxy) is 1. The Morgan fingerprint density at radius 3 is 2.94 bits per heavy atom. The molecule has 1 aliphatic heterocycles. The number of amides is 1. The summed E-state index contributed by atoms with van der Waals surface area (Å²) in [6.07, 6.45) is 5.62. The maximum absolute atomic E-state index is 12.1. The van der Waals surface area contributed by atoms with Crippen LogP contribution in [-0.2, 0) is 9.53 Å². The predicted octanol–water partition coefficient (Wildman–Crippen LogP) is 1.47. The van der Waals surface area contributed by atoms with Gasteiger partial charge < -0.3 is 15.2 Å². The zero-order valence-electron chi connectivity index (χ0n) is 11.2. The molecule has 4 heteroatoms. The van der Waals surface area contributed by atoms with Crippen LogP contribution in [0.3, 0.4) is 0 Å². The van der Waals surface area contributed by atoms with Crippen LogP contribution in [0.25, 0.3) is 0 Å². The molecule has 2 rings (SSSR count). The van der Waals surface area contributed by atoms with E-state index in [0.717, 1.165) is 38.5 Å². The van der Waals surface area contributed by atoms with E-state index in [9.17, 15) is 9.90 Å². The third-order valence-corrected chi connectivity index (χ3v) is 4.27. The molecule has 1 amide bonds. The van der Waals surface area contributed by atoms with Crippen molar-refractivity contribution in [2.45, 2.75) is 57.7 Å². The molecular weight excluding hydrogens is 230 g/mol. The van der Waals surface area contributed by atoms with Crippen LogP contribution < -0.4 is 5.32 Å². The van der Waals surface area contributed by atoms with Crippen molar-refractivity contribution in [3.63, 3.8) is 0 Å². The summed E-state index contributed by atoms with van der Waals surface area (Å²) >= 11 is 0. The van der Waals surface area contributed by atoms with Gasteiger partial charge >= 0.3 is 0 Å². The van der Waals surface area contributed by atoms with E-state index in [4.69, 9.17) is 4.74 Å². The Morgan fingerprint density at radius 1 is 1.39 bits per heavy atom. The van der Waals surface area contributed by atoms with Gasteiger partial charge in [0.25, 0.3) is 0 Å². The molecule has 0 aromatic rings. The Bertz CT molecular complexity index is 282. The zero-order valence-corrected chi connectivity index (χ0v) is 11.2. The second kappa shape index (κ2) is 6.53. The fourth-order valence-corrected chi connectivity index (χ4v) is 3.17. The molecule has 4 unspecified atom stereocenters. The second-order valence-electron chi connectivity index (χ2n) is 5.64. The first-order valence-electron chi connectivity index (χ1n) is 7.28. The van der Waals surface area contributed by atoms with Crippen LogP contribution in [0.5, 0.6) is 0 Å². The summed E-state index contributed by atoms with van der Waals surface area (Å²) in [6.45, 7) is 3.48. The summed E-state index contributed by atoms with van der Waals surface area (Å²) in [5.41, 5.74) is 0. The summed E-state index contributed by atoms with van der Waals surface area (Å²) in [4.78, 5) is 12.1. The molecule has 18 heavy (non-hydrogen) atoms. The van der Waals surface area contributed by atoms with Gasteiger partial charge in [-0.25, -0.2) is 0 Å². The van der Waals surface area contributed by atoms with E-state index in [1.807, 2.05) is 0 Å². The van der Waals surface area contributed by atoms with Gasteiger partial charge in [-0.2, -0.15) is 0 Å². The smallest absolute Gasteiger partial charge is 0.225 e. The molecule has 2 N–H and O–H groups in total. The molecule has 0 bridgehead atoms. The molecule has 0 spiro atoms.